The summed E-state index contributed by atoms with van der Waals surface area (Å²) in [5.41, 5.74) is 0. The van der Waals surface area contributed by atoms with E-state index in [2.05, 4.69) is 10.6 Å². The van der Waals surface area contributed by atoms with Crippen molar-refractivity contribution in [2.45, 2.75) is 63.5 Å². The van der Waals surface area contributed by atoms with Crippen LogP contribution in [0.3, 0.4) is 0 Å². The number of hydrogen-bond donors (Lipinski definition) is 2. The standard InChI is InChI=1S/C20H48N2O6Si2/c1-23-29(24-2,25-3)19-13-17-21-15-11-9-7-8-10-12-16-22-18-14-20-30(26-4,27-5)28-6/h21-22H,7-20H2,1-6H3. The second-order valence-electron chi connectivity index (χ2n) is 7.42. The molecule has 0 aliphatic carbocycles. The van der Waals surface area contributed by atoms with Gasteiger partial charge in [-0.3, -0.25) is 0 Å². The second-order valence-corrected chi connectivity index (χ2v) is 13.6. The van der Waals surface area contributed by atoms with Crippen LogP contribution in [0.5, 0.6) is 0 Å². The first-order chi connectivity index (χ1) is 14.6. The van der Waals surface area contributed by atoms with Crippen molar-refractivity contribution in [3.8, 4) is 0 Å². The fourth-order valence-corrected chi connectivity index (χ4v) is 6.87. The molecule has 0 aliphatic rings. The zero-order valence-corrected chi connectivity index (χ0v) is 22.3. The van der Waals surface area contributed by atoms with E-state index in [1.165, 1.54) is 38.5 Å². The van der Waals surface area contributed by atoms with Gasteiger partial charge in [-0.2, -0.15) is 0 Å². The SMILES string of the molecule is CO[Si](CCCNCCCCCCCCNCCC[Si](OC)(OC)OC)(OC)OC. The molecule has 0 fully saturated rings. The molecule has 0 bridgehead atoms. The van der Waals surface area contributed by atoms with Crippen molar-refractivity contribution < 1.29 is 26.6 Å². The van der Waals surface area contributed by atoms with Gasteiger partial charge in [-0.1, -0.05) is 25.7 Å². The predicted octanol–water partition coefficient (Wildman–Crippen LogP) is 3.04. The second kappa shape index (κ2) is 19.8. The minimum absolute atomic E-state index is 0.853. The molecule has 10 heteroatoms. The summed E-state index contributed by atoms with van der Waals surface area (Å²) < 4.78 is 32.6. The lowest BCUT2D eigenvalue weighted by atomic mass is 10.1. The Morgan fingerprint density at radius 2 is 0.667 bits per heavy atom. The first-order valence-corrected chi connectivity index (χ1v) is 15.2. The van der Waals surface area contributed by atoms with E-state index in [-0.39, 0.29) is 0 Å². The zero-order valence-electron chi connectivity index (χ0n) is 20.3. The van der Waals surface area contributed by atoms with E-state index >= 15 is 0 Å². The van der Waals surface area contributed by atoms with Gasteiger partial charge in [-0.05, 0) is 51.9 Å². The fourth-order valence-electron chi connectivity index (χ4n) is 3.43. The smallest absolute Gasteiger partial charge is 0.377 e. The van der Waals surface area contributed by atoms with Gasteiger partial charge in [0.1, 0.15) is 0 Å². The van der Waals surface area contributed by atoms with Crippen molar-refractivity contribution in [3.05, 3.63) is 0 Å². The summed E-state index contributed by atoms with van der Waals surface area (Å²) in [5.74, 6) is 0. The summed E-state index contributed by atoms with van der Waals surface area (Å²) >= 11 is 0. The first kappa shape index (κ1) is 30.1. The van der Waals surface area contributed by atoms with Crippen LogP contribution in [0.4, 0.5) is 0 Å². The highest BCUT2D eigenvalue weighted by atomic mass is 28.4. The summed E-state index contributed by atoms with van der Waals surface area (Å²) in [6.45, 7) is 4.13. The van der Waals surface area contributed by atoms with Gasteiger partial charge in [0.15, 0.2) is 0 Å². The molecular weight excluding hydrogens is 420 g/mol. The van der Waals surface area contributed by atoms with Crippen molar-refractivity contribution in [3.63, 3.8) is 0 Å². The molecular formula is C20H48N2O6Si2. The van der Waals surface area contributed by atoms with Crippen LogP contribution in [-0.4, -0.2) is 86.4 Å². The van der Waals surface area contributed by atoms with Crippen molar-refractivity contribution in [2.75, 3.05) is 68.8 Å². The largest absolute Gasteiger partial charge is 0.500 e. The van der Waals surface area contributed by atoms with Crippen molar-refractivity contribution >= 4 is 17.6 Å². The topological polar surface area (TPSA) is 79.4 Å². The zero-order chi connectivity index (χ0) is 22.6. The molecule has 0 radical (unpaired) electrons. The van der Waals surface area contributed by atoms with Gasteiger partial charge in [-0.15, -0.1) is 0 Å². The van der Waals surface area contributed by atoms with Crippen LogP contribution in [0.15, 0.2) is 0 Å². The van der Waals surface area contributed by atoms with E-state index in [1.54, 1.807) is 42.7 Å². The molecule has 0 rings (SSSR count). The predicted molar refractivity (Wildman–Crippen MR) is 126 cm³/mol. The van der Waals surface area contributed by atoms with Crippen LogP contribution in [0.25, 0.3) is 0 Å². The monoisotopic (exact) mass is 468 g/mol. The fraction of sp³-hybridized carbons (Fsp3) is 1.00. The van der Waals surface area contributed by atoms with E-state index < -0.39 is 17.6 Å². The quantitative estimate of drug-likeness (QED) is 0.175. The normalized spacial score (nSPS) is 12.6. The lowest BCUT2D eigenvalue weighted by Gasteiger charge is -2.24. The molecule has 0 atom stereocenters. The molecule has 0 aromatic heterocycles. The highest BCUT2D eigenvalue weighted by molar-refractivity contribution is 6.60. The Hall–Kier alpha value is 0.114. The van der Waals surface area contributed by atoms with E-state index in [1.807, 2.05) is 0 Å². The van der Waals surface area contributed by atoms with Gasteiger partial charge in [0.05, 0.1) is 0 Å². The number of hydrogen-bond acceptors (Lipinski definition) is 8. The van der Waals surface area contributed by atoms with Crippen LogP contribution in [0, 0.1) is 0 Å². The Kier molecular flexibility index (Phi) is 19.8. The molecule has 0 aromatic rings. The molecule has 0 saturated carbocycles. The minimum atomic E-state index is -2.40. The summed E-state index contributed by atoms with van der Waals surface area (Å²) in [6, 6.07) is 1.71. The molecule has 2 N–H and O–H groups in total. The van der Waals surface area contributed by atoms with Gasteiger partial charge in [0.25, 0.3) is 0 Å². The van der Waals surface area contributed by atoms with Crippen molar-refractivity contribution in [1.82, 2.24) is 10.6 Å². The lowest BCUT2D eigenvalue weighted by molar-refractivity contribution is 0.122. The number of unbranched alkanes of at least 4 members (excludes halogenated alkanes) is 5. The molecule has 0 amide bonds. The third-order valence-electron chi connectivity index (χ3n) is 5.50. The Labute approximate surface area is 187 Å². The Morgan fingerprint density at radius 1 is 0.400 bits per heavy atom. The van der Waals surface area contributed by atoms with Crippen molar-refractivity contribution in [1.29, 1.82) is 0 Å². The minimum Gasteiger partial charge on any atom is -0.377 e. The maximum absolute atomic E-state index is 5.43. The molecule has 0 spiro atoms. The third-order valence-corrected chi connectivity index (χ3v) is 11.2. The van der Waals surface area contributed by atoms with E-state index in [0.29, 0.717) is 0 Å². The Balaban J connectivity index is 3.38. The Bertz CT molecular complexity index is 325. The summed E-state index contributed by atoms with van der Waals surface area (Å²) in [5, 5.41) is 7.01. The van der Waals surface area contributed by atoms with Crippen molar-refractivity contribution in [2.24, 2.45) is 0 Å². The molecule has 182 valence electrons. The lowest BCUT2D eigenvalue weighted by Crippen LogP contribution is -2.43. The van der Waals surface area contributed by atoms with Crippen LogP contribution >= 0.6 is 0 Å². The molecule has 30 heavy (non-hydrogen) atoms. The van der Waals surface area contributed by atoms with E-state index in [9.17, 15) is 0 Å². The van der Waals surface area contributed by atoms with Gasteiger partial charge < -0.3 is 37.2 Å². The van der Waals surface area contributed by atoms with Gasteiger partial charge >= 0.3 is 17.6 Å². The van der Waals surface area contributed by atoms with Gasteiger partial charge in [0, 0.05) is 54.7 Å². The van der Waals surface area contributed by atoms with Crippen LogP contribution in [-0.2, 0) is 26.6 Å². The summed E-state index contributed by atoms with van der Waals surface area (Å²) in [4.78, 5) is 0. The highest BCUT2D eigenvalue weighted by Gasteiger charge is 2.37. The maximum Gasteiger partial charge on any atom is 0.500 e. The molecule has 0 heterocycles. The average Bonchev–Trinajstić information content (AvgIpc) is 2.79. The highest BCUT2D eigenvalue weighted by Crippen LogP contribution is 2.15. The molecule has 0 aromatic carbocycles. The number of nitrogens with one attached hydrogen (secondary N) is 2. The van der Waals surface area contributed by atoms with E-state index in [4.69, 9.17) is 26.6 Å². The molecule has 0 saturated heterocycles. The van der Waals surface area contributed by atoms with Gasteiger partial charge in [0.2, 0.25) is 0 Å². The van der Waals surface area contributed by atoms with E-state index in [0.717, 1.165) is 51.1 Å². The summed E-state index contributed by atoms with van der Waals surface area (Å²) in [7, 11) is 5.21. The summed E-state index contributed by atoms with van der Waals surface area (Å²) in [6.07, 6.45) is 9.74. The van der Waals surface area contributed by atoms with Crippen LogP contribution < -0.4 is 10.6 Å². The first-order valence-electron chi connectivity index (χ1n) is 11.3. The maximum atomic E-state index is 5.43. The number of rotatable bonds is 23. The van der Waals surface area contributed by atoms with Crippen LogP contribution in [0.2, 0.25) is 12.1 Å². The Morgan fingerprint density at radius 3 is 0.967 bits per heavy atom. The van der Waals surface area contributed by atoms with Crippen LogP contribution in [0.1, 0.15) is 51.4 Å². The molecule has 8 nitrogen and oxygen atoms in total. The molecule has 0 unspecified atom stereocenters. The average molecular weight is 469 g/mol. The van der Waals surface area contributed by atoms with Gasteiger partial charge in [-0.25, -0.2) is 0 Å². The third kappa shape index (κ3) is 13.5. The molecule has 0 aliphatic heterocycles.